The third-order valence-electron chi connectivity index (χ3n) is 2.00. The highest BCUT2D eigenvalue weighted by atomic mass is 32.1. The van der Waals surface area contributed by atoms with Gasteiger partial charge in [-0.2, -0.15) is 13.2 Å². The molecule has 7 heteroatoms. The molecule has 0 saturated carbocycles. The lowest BCUT2D eigenvalue weighted by atomic mass is 10.3. The zero-order valence-electron chi connectivity index (χ0n) is 10.1. The Kier molecular flexibility index (Phi) is 4.91. The molecule has 98 valence electrons. The zero-order valence-corrected chi connectivity index (χ0v) is 10.9. The molecular weight excluding hydrogens is 251 g/mol. The van der Waals surface area contributed by atoms with Crippen molar-refractivity contribution in [2.45, 2.75) is 26.2 Å². The molecule has 0 radical (unpaired) electrons. The summed E-state index contributed by atoms with van der Waals surface area (Å²) in [6, 6.07) is 0. The number of nitrogens with zero attached hydrogens (tertiary/aromatic N) is 2. The van der Waals surface area contributed by atoms with E-state index in [1.54, 1.807) is 19.0 Å². The fourth-order valence-electron chi connectivity index (χ4n) is 1.32. The normalized spacial score (nSPS) is 12.4. The summed E-state index contributed by atoms with van der Waals surface area (Å²) in [7, 11) is 3.61. The minimum absolute atomic E-state index is 0.219. The van der Waals surface area contributed by atoms with Gasteiger partial charge in [-0.25, -0.2) is 4.98 Å². The van der Waals surface area contributed by atoms with Gasteiger partial charge in [-0.3, -0.25) is 0 Å². The van der Waals surface area contributed by atoms with Gasteiger partial charge in [0.1, 0.15) is 5.01 Å². The SMILES string of the molecule is CCNCc1sc(CN(C)C)nc1C(F)(F)F. The molecule has 0 bridgehead atoms. The molecule has 3 nitrogen and oxygen atoms in total. The zero-order chi connectivity index (χ0) is 13.1. The highest BCUT2D eigenvalue weighted by Crippen LogP contribution is 2.34. The van der Waals surface area contributed by atoms with E-state index < -0.39 is 11.9 Å². The molecule has 1 aromatic heterocycles. The summed E-state index contributed by atoms with van der Waals surface area (Å²) in [6.45, 7) is 3.14. The number of alkyl halides is 3. The number of rotatable bonds is 5. The van der Waals surface area contributed by atoms with Crippen LogP contribution in [0.3, 0.4) is 0 Å². The van der Waals surface area contributed by atoms with Gasteiger partial charge in [-0.15, -0.1) is 11.3 Å². The van der Waals surface area contributed by atoms with E-state index in [-0.39, 0.29) is 11.4 Å². The van der Waals surface area contributed by atoms with Gasteiger partial charge in [-0.05, 0) is 20.6 Å². The Morgan fingerprint density at radius 1 is 1.35 bits per heavy atom. The average Bonchev–Trinajstić information content (AvgIpc) is 2.56. The molecule has 0 spiro atoms. The molecule has 0 amide bonds. The summed E-state index contributed by atoms with van der Waals surface area (Å²) in [5.41, 5.74) is -0.750. The van der Waals surface area contributed by atoms with E-state index in [4.69, 9.17) is 0 Å². The first-order chi connectivity index (χ1) is 7.84. The highest BCUT2D eigenvalue weighted by Gasteiger charge is 2.37. The van der Waals surface area contributed by atoms with Crippen molar-refractivity contribution in [1.82, 2.24) is 15.2 Å². The molecule has 1 aromatic rings. The van der Waals surface area contributed by atoms with Gasteiger partial charge in [-0.1, -0.05) is 6.92 Å². The van der Waals surface area contributed by atoms with Crippen molar-refractivity contribution in [2.24, 2.45) is 0 Å². The Morgan fingerprint density at radius 3 is 2.47 bits per heavy atom. The van der Waals surface area contributed by atoms with Gasteiger partial charge in [0.15, 0.2) is 5.69 Å². The lowest BCUT2D eigenvalue weighted by Gasteiger charge is -2.06. The van der Waals surface area contributed by atoms with Crippen LogP contribution in [0, 0.1) is 0 Å². The smallest absolute Gasteiger partial charge is 0.312 e. The van der Waals surface area contributed by atoms with E-state index in [1.807, 2.05) is 6.92 Å². The van der Waals surface area contributed by atoms with Crippen molar-refractivity contribution < 1.29 is 13.2 Å². The minimum atomic E-state index is -4.37. The molecule has 0 unspecified atom stereocenters. The minimum Gasteiger partial charge on any atom is -0.312 e. The Bertz CT molecular complexity index is 360. The first-order valence-corrected chi connectivity index (χ1v) is 6.07. The second kappa shape index (κ2) is 5.79. The summed E-state index contributed by atoms with van der Waals surface area (Å²) >= 11 is 1.12. The van der Waals surface area contributed by atoms with Crippen molar-refractivity contribution in [2.75, 3.05) is 20.6 Å². The molecule has 0 aliphatic carbocycles. The van der Waals surface area contributed by atoms with Crippen LogP contribution in [0.2, 0.25) is 0 Å². The van der Waals surface area contributed by atoms with Gasteiger partial charge >= 0.3 is 6.18 Å². The van der Waals surface area contributed by atoms with Crippen molar-refractivity contribution in [1.29, 1.82) is 0 Å². The summed E-state index contributed by atoms with van der Waals surface area (Å²) in [6.07, 6.45) is -4.37. The maximum atomic E-state index is 12.7. The molecular formula is C10H16F3N3S. The topological polar surface area (TPSA) is 28.2 Å². The predicted molar refractivity (Wildman–Crippen MR) is 61.9 cm³/mol. The Balaban J connectivity index is 2.95. The quantitative estimate of drug-likeness (QED) is 0.887. The van der Waals surface area contributed by atoms with Crippen LogP contribution in [0.4, 0.5) is 13.2 Å². The van der Waals surface area contributed by atoms with Crippen LogP contribution < -0.4 is 5.32 Å². The van der Waals surface area contributed by atoms with Gasteiger partial charge in [0.2, 0.25) is 0 Å². The van der Waals surface area contributed by atoms with E-state index in [0.29, 0.717) is 18.1 Å². The molecule has 0 atom stereocenters. The number of hydrogen-bond acceptors (Lipinski definition) is 4. The van der Waals surface area contributed by atoms with E-state index in [9.17, 15) is 13.2 Å². The van der Waals surface area contributed by atoms with E-state index in [0.717, 1.165) is 11.3 Å². The van der Waals surface area contributed by atoms with Gasteiger partial charge in [0.25, 0.3) is 0 Å². The Morgan fingerprint density at radius 2 is 2.00 bits per heavy atom. The van der Waals surface area contributed by atoms with Crippen LogP contribution in [0.1, 0.15) is 22.5 Å². The van der Waals surface area contributed by atoms with Crippen LogP contribution in [-0.4, -0.2) is 30.5 Å². The largest absolute Gasteiger partial charge is 0.434 e. The molecule has 1 N–H and O–H groups in total. The monoisotopic (exact) mass is 267 g/mol. The summed E-state index contributed by atoms with van der Waals surface area (Å²) in [4.78, 5) is 5.75. The molecule has 0 aromatic carbocycles. The van der Waals surface area contributed by atoms with Crippen LogP contribution >= 0.6 is 11.3 Å². The van der Waals surface area contributed by atoms with Crippen molar-refractivity contribution in [3.8, 4) is 0 Å². The third kappa shape index (κ3) is 4.25. The van der Waals surface area contributed by atoms with Crippen LogP contribution in [0.15, 0.2) is 0 Å². The maximum Gasteiger partial charge on any atom is 0.434 e. The second-order valence-corrected chi connectivity index (χ2v) is 5.06. The molecule has 0 saturated heterocycles. The van der Waals surface area contributed by atoms with Crippen LogP contribution in [0.25, 0.3) is 0 Å². The number of thiazole rings is 1. The first kappa shape index (κ1) is 14.4. The number of nitrogens with one attached hydrogen (secondary N) is 1. The number of hydrogen-bond donors (Lipinski definition) is 1. The molecule has 1 rings (SSSR count). The fraction of sp³-hybridized carbons (Fsp3) is 0.700. The van der Waals surface area contributed by atoms with Gasteiger partial charge < -0.3 is 10.2 Å². The second-order valence-electron chi connectivity index (χ2n) is 3.90. The average molecular weight is 267 g/mol. The van der Waals surface area contributed by atoms with Crippen LogP contribution in [0.5, 0.6) is 0 Å². The molecule has 17 heavy (non-hydrogen) atoms. The van der Waals surface area contributed by atoms with Crippen molar-refractivity contribution >= 4 is 11.3 Å². The molecule has 1 heterocycles. The predicted octanol–water partition coefficient (Wildman–Crippen LogP) is 2.33. The molecule has 0 fully saturated rings. The first-order valence-electron chi connectivity index (χ1n) is 5.25. The third-order valence-corrected chi connectivity index (χ3v) is 3.04. The lowest BCUT2D eigenvalue weighted by molar-refractivity contribution is -0.141. The summed E-state index contributed by atoms with van der Waals surface area (Å²) in [5, 5.41) is 3.40. The van der Waals surface area contributed by atoms with Gasteiger partial charge in [0.05, 0.1) is 4.88 Å². The van der Waals surface area contributed by atoms with Crippen LogP contribution in [-0.2, 0) is 19.3 Å². The van der Waals surface area contributed by atoms with E-state index >= 15 is 0 Å². The lowest BCUT2D eigenvalue weighted by Crippen LogP contribution is -2.16. The van der Waals surface area contributed by atoms with E-state index in [2.05, 4.69) is 10.3 Å². The molecule has 0 aliphatic heterocycles. The maximum absolute atomic E-state index is 12.7. The fourth-order valence-corrected chi connectivity index (χ4v) is 2.49. The summed E-state index contributed by atoms with van der Waals surface area (Å²) < 4.78 is 38.2. The summed E-state index contributed by atoms with van der Waals surface area (Å²) in [5.74, 6) is 0. The van der Waals surface area contributed by atoms with E-state index in [1.165, 1.54) is 0 Å². The Labute approximate surface area is 103 Å². The Hall–Kier alpha value is -0.660. The molecule has 0 aliphatic rings. The number of halogens is 3. The van der Waals surface area contributed by atoms with Crippen molar-refractivity contribution in [3.63, 3.8) is 0 Å². The number of aromatic nitrogens is 1. The highest BCUT2D eigenvalue weighted by molar-refractivity contribution is 7.11. The van der Waals surface area contributed by atoms with Gasteiger partial charge in [0, 0.05) is 13.1 Å². The standard InChI is InChI=1S/C10H16F3N3S/c1-4-14-5-7-9(10(11,12)13)15-8(17-7)6-16(2)3/h14H,4-6H2,1-3H3. The van der Waals surface area contributed by atoms with Crippen molar-refractivity contribution in [3.05, 3.63) is 15.6 Å².